The van der Waals surface area contributed by atoms with E-state index in [-0.39, 0.29) is 17.6 Å². The molecule has 3 N–H and O–H groups in total. The van der Waals surface area contributed by atoms with Crippen molar-refractivity contribution in [2.24, 2.45) is 5.10 Å². The van der Waals surface area contributed by atoms with Crippen LogP contribution in [0.25, 0.3) is 10.8 Å². The molecule has 1 heterocycles. The Hall–Kier alpha value is -3.62. The lowest BCUT2D eigenvalue weighted by atomic mass is 9.93. The monoisotopic (exact) mass is 415 g/mol. The molecule has 0 radical (unpaired) electrons. The summed E-state index contributed by atoms with van der Waals surface area (Å²) in [5, 5.41) is 17.4. The van der Waals surface area contributed by atoms with Crippen LogP contribution >= 0.6 is 0 Å². The van der Waals surface area contributed by atoms with E-state index in [0.717, 1.165) is 12.8 Å². The number of hydrogen-bond donors (Lipinski definition) is 3. The van der Waals surface area contributed by atoms with Gasteiger partial charge in [-0.3, -0.25) is 14.9 Å². The maximum Gasteiger partial charge on any atom is 0.270 e. The summed E-state index contributed by atoms with van der Waals surface area (Å²) in [4.78, 5) is 22.9. The van der Waals surface area contributed by atoms with Crippen molar-refractivity contribution in [1.29, 1.82) is 0 Å². The van der Waals surface area contributed by atoms with Gasteiger partial charge in [0.05, 0.1) is 11.1 Å². The summed E-state index contributed by atoms with van der Waals surface area (Å²) in [7, 11) is 0. The minimum Gasteiger partial charge on any atom is -0.271 e. The van der Waals surface area contributed by atoms with E-state index in [1.165, 1.54) is 45.8 Å². The number of hydrogen-bond acceptors (Lipinski definition) is 6. The molecule has 3 aromatic rings. The second-order valence-corrected chi connectivity index (χ2v) is 7.87. The maximum absolute atomic E-state index is 12.5. The van der Waals surface area contributed by atoms with Crippen molar-refractivity contribution in [3.63, 3.8) is 0 Å². The van der Waals surface area contributed by atoms with Gasteiger partial charge in [-0.15, -0.1) is 0 Å². The molecule has 5 rings (SSSR count). The first-order valence-corrected chi connectivity index (χ1v) is 10.2. The van der Waals surface area contributed by atoms with Gasteiger partial charge in [-0.1, -0.05) is 42.5 Å². The molecule has 8 heteroatoms. The second-order valence-electron chi connectivity index (χ2n) is 7.87. The number of carbonyl (C=O) groups is 1. The zero-order chi connectivity index (χ0) is 21.4. The number of nitro benzene ring substituents is 1. The van der Waals surface area contributed by atoms with E-state index in [1.54, 1.807) is 12.1 Å². The Morgan fingerprint density at radius 2 is 1.90 bits per heavy atom. The highest BCUT2D eigenvalue weighted by Gasteiger charge is 2.31. The van der Waals surface area contributed by atoms with Gasteiger partial charge in [0.25, 0.3) is 11.6 Å². The van der Waals surface area contributed by atoms with E-state index in [4.69, 9.17) is 0 Å². The van der Waals surface area contributed by atoms with Gasteiger partial charge in [0.15, 0.2) is 0 Å². The SMILES string of the molecule is O=C(N/N=C/c1cccc([N+](=O)[O-])c1)C1CC(c2ccc3c4c(cccc24)CC3)NN1. The molecule has 3 aromatic carbocycles. The molecule has 2 aliphatic rings. The summed E-state index contributed by atoms with van der Waals surface area (Å²) in [5.74, 6) is -0.261. The molecule has 2 unspecified atom stereocenters. The van der Waals surface area contributed by atoms with Crippen molar-refractivity contribution in [3.8, 4) is 0 Å². The number of rotatable bonds is 5. The van der Waals surface area contributed by atoms with Gasteiger partial charge in [-0.05, 0) is 46.7 Å². The van der Waals surface area contributed by atoms with Crippen molar-refractivity contribution >= 4 is 28.6 Å². The van der Waals surface area contributed by atoms with Crippen LogP contribution in [0.3, 0.4) is 0 Å². The van der Waals surface area contributed by atoms with Crippen LogP contribution in [0.1, 0.15) is 34.7 Å². The fourth-order valence-corrected chi connectivity index (χ4v) is 4.47. The Labute approximate surface area is 178 Å². The molecule has 1 fully saturated rings. The van der Waals surface area contributed by atoms with Crippen LogP contribution in [0.4, 0.5) is 5.69 Å². The Morgan fingerprint density at radius 1 is 1.10 bits per heavy atom. The summed E-state index contributed by atoms with van der Waals surface area (Å²) < 4.78 is 0. The fourth-order valence-electron chi connectivity index (χ4n) is 4.47. The number of amides is 1. The van der Waals surface area contributed by atoms with E-state index >= 15 is 0 Å². The number of carbonyl (C=O) groups excluding carboxylic acids is 1. The number of nitrogens with zero attached hydrogens (tertiary/aromatic N) is 2. The molecule has 1 aliphatic heterocycles. The molecule has 2 atom stereocenters. The first kappa shape index (κ1) is 19.3. The van der Waals surface area contributed by atoms with Crippen LogP contribution in [0.5, 0.6) is 0 Å². The van der Waals surface area contributed by atoms with Crippen molar-refractivity contribution in [1.82, 2.24) is 16.3 Å². The molecule has 31 heavy (non-hydrogen) atoms. The third kappa shape index (κ3) is 3.67. The van der Waals surface area contributed by atoms with E-state index in [2.05, 4.69) is 51.7 Å². The molecule has 1 amide bonds. The number of hydrazine groups is 1. The predicted molar refractivity (Wildman–Crippen MR) is 118 cm³/mol. The van der Waals surface area contributed by atoms with Crippen molar-refractivity contribution in [2.45, 2.75) is 31.3 Å². The lowest BCUT2D eigenvalue weighted by Gasteiger charge is -2.14. The summed E-state index contributed by atoms with van der Waals surface area (Å²) in [5.41, 5.74) is 13.3. The zero-order valence-corrected chi connectivity index (χ0v) is 16.7. The quantitative estimate of drug-likeness (QED) is 0.337. The molecule has 0 spiro atoms. The second kappa shape index (κ2) is 7.90. The maximum atomic E-state index is 12.5. The molecule has 8 nitrogen and oxygen atoms in total. The molecular weight excluding hydrogens is 394 g/mol. The minimum absolute atomic E-state index is 0.0152. The number of nitrogens with one attached hydrogen (secondary N) is 3. The fraction of sp³-hybridized carbons (Fsp3) is 0.217. The number of non-ortho nitro benzene ring substituents is 1. The van der Waals surface area contributed by atoms with Gasteiger partial charge in [0.2, 0.25) is 0 Å². The van der Waals surface area contributed by atoms with E-state index in [9.17, 15) is 14.9 Å². The van der Waals surface area contributed by atoms with Gasteiger partial charge >= 0.3 is 0 Å². The Morgan fingerprint density at radius 3 is 2.74 bits per heavy atom. The summed E-state index contributed by atoms with van der Waals surface area (Å²) in [6.07, 6.45) is 4.16. The normalized spacial score (nSPS) is 19.9. The highest BCUT2D eigenvalue weighted by Crippen LogP contribution is 2.36. The number of nitro groups is 1. The predicted octanol–water partition coefficient (Wildman–Crippen LogP) is 2.90. The zero-order valence-electron chi connectivity index (χ0n) is 16.7. The number of hydrazone groups is 1. The molecule has 0 aromatic heterocycles. The Balaban J connectivity index is 1.26. The third-order valence-electron chi connectivity index (χ3n) is 5.98. The van der Waals surface area contributed by atoms with Gasteiger partial charge in [0.1, 0.15) is 6.04 Å². The molecule has 1 aliphatic carbocycles. The molecular formula is C23H21N5O3. The highest BCUT2D eigenvalue weighted by molar-refractivity contribution is 5.94. The Bertz CT molecular complexity index is 1210. The van der Waals surface area contributed by atoms with Gasteiger partial charge < -0.3 is 0 Å². The lowest BCUT2D eigenvalue weighted by molar-refractivity contribution is -0.384. The Kier molecular flexibility index (Phi) is 4.93. The van der Waals surface area contributed by atoms with Crippen molar-refractivity contribution in [3.05, 3.63) is 87.0 Å². The van der Waals surface area contributed by atoms with Gasteiger partial charge in [-0.2, -0.15) is 5.10 Å². The van der Waals surface area contributed by atoms with Crippen molar-refractivity contribution in [2.75, 3.05) is 0 Å². The third-order valence-corrected chi connectivity index (χ3v) is 5.98. The molecule has 1 saturated heterocycles. The average molecular weight is 415 g/mol. The largest absolute Gasteiger partial charge is 0.271 e. The first-order chi connectivity index (χ1) is 15.1. The number of aryl methyl sites for hydroxylation is 2. The van der Waals surface area contributed by atoms with Crippen LogP contribution in [-0.2, 0) is 17.6 Å². The summed E-state index contributed by atoms with van der Waals surface area (Å²) in [6, 6.07) is 16.5. The molecule has 156 valence electrons. The van der Waals surface area contributed by atoms with Crippen LogP contribution in [-0.4, -0.2) is 23.1 Å². The average Bonchev–Trinajstić information content (AvgIpc) is 3.43. The van der Waals surface area contributed by atoms with E-state index < -0.39 is 11.0 Å². The minimum atomic E-state index is -0.468. The highest BCUT2D eigenvalue weighted by atomic mass is 16.6. The van der Waals surface area contributed by atoms with Gasteiger partial charge in [0, 0.05) is 23.7 Å². The molecule has 0 saturated carbocycles. The first-order valence-electron chi connectivity index (χ1n) is 10.2. The summed E-state index contributed by atoms with van der Waals surface area (Å²) in [6.45, 7) is 0. The lowest BCUT2D eigenvalue weighted by Crippen LogP contribution is -2.41. The van der Waals surface area contributed by atoms with Crippen LogP contribution < -0.4 is 16.3 Å². The van der Waals surface area contributed by atoms with E-state index in [0.29, 0.717) is 12.0 Å². The standard InChI is InChI=1S/C23H21N5O3/c29-23(27-24-13-14-3-1-5-17(11-14)28(30)31)21-12-20(25-26-21)18-10-9-16-8-7-15-4-2-6-19(18)22(15)16/h1-6,9-11,13,20-21,25-26H,7-8,12H2,(H,27,29)/b24-13+. The van der Waals surface area contributed by atoms with Crippen LogP contribution in [0.15, 0.2) is 59.7 Å². The summed E-state index contributed by atoms with van der Waals surface area (Å²) >= 11 is 0. The molecule has 0 bridgehead atoms. The van der Waals surface area contributed by atoms with Crippen LogP contribution in [0, 0.1) is 10.1 Å². The van der Waals surface area contributed by atoms with Crippen molar-refractivity contribution < 1.29 is 9.72 Å². The van der Waals surface area contributed by atoms with E-state index in [1.807, 2.05) is 0 Å². The smallest absolute Gasteiger partial charge is 0.270 e. The van der Waals surface area contributed by atoms with Crippen LogP contribution in [0.2, 0.25) is 0 Å². The topological polar surface area (TPSA) is 109 Å². The number of benzene rings is 3. The van der Waals surface area contributed by atoms with Gasteiger partial charge in [-0.25, -0.2) is 16.3 Å².